The third-order valence-corrected chi connectivity index (χ3v) is 4.85. The van der Waals surface area contributed by atoms with Gasteiger partial charge in [-0.25, -0.2) is 4.79 Å². The molecule has 1 amide bonds. The molecule has 2 aromatic rings. The summed E-state index contributed by atoms with van der Waals surface area (Å²) < 4.78 is 13.8. The summed E-state index contributed by atoms with van der Waals surface area (Å²) in [6, 6.07) is 9.13. The van der Waals surface area contributed by atoms with Gasteiger partial charge in [0, 0.05) is 24.8 Å². The first-order chi connectivity index (χ1) is 15.2. The summed E-state index contributed by atoms with van der Waals surface area (Å²) in [6.07, 6.45) is 0.811. The molecule has 7 nitrogen and oxygen atoms in total. The molecule has 32 heavy (non-hydrogen) atoms. The average Bonchev–Trinajstić information content (AvgIpc) is 3.46. The lowest BCUT2D eigenvalue weighted by molar-refractivity contribution is -0.120. The van der Waals surface area contributed by atoms with Gasteiger partial charge in [0.05, 0.1) is 24.0 Å². The van der Waals surface area contributed by atoms with Gasteiger partial charge in [-0.2, -0.15) is 0 Å². The number of nitrogens with zero attached hydrogens (tertiary/aromatic N) is 1. The Morgan fingerprint density at radius 3 is 2.25 bits per heavy atom. The summed E-state index contributed by atoms with van der Waals surface area (Å²) >= 11 is 17.1. The van der Waals surface area contributed by atoms with E-state index in [1.807, 2.05) is 25.2 Å². The molecule has 3 rings (SSSR count). The van der Waals surface area contributed by atoms with Crippen molar-refractivity contribution in [3.63, 3.8) is 0 Å². The van der Waals surface area contributed by atoms with E-state index in [-0.39, 0.29) is 18.6 Å². The standard InChI is InChI=1S/C17H18Cl3N3O2.C3H4O2.CH3F/c1-21-8-14-13(18)6-12(7-22-14)10-2-4-11(5-3-10)15(24)9-23-17(25)16(19)20;1-2-3(4)5-2;1-2/h2-7,15-16,21,24H,8-9H2,1H3,(H,23,25);2H,1H3;1H3. The van der Waals surface area contributed by atoms with Gasteiger partial charge in [-0.05, 0) is 31.2 Å². The van der Waals surface area contributed by atoms with E-state index < -0.39 is 16.8 Å². The van der Waals surface area contributed by atoms with E-state index >= 15 is 0 Å². The minimum absolute atomic E-state index is 0.0280. The number of alkyl halides is 3. The number of cyclic esters (lactones) is 1. The van der Waals surface area contributed by atoms with Crippen LogP contribution < -0.4 is 10.6 Å². The van der Waals surface area contributed by atoms with Crippen LogP contribution in [0.15, 0.2) is 36.5 Å². The molecule has 1 aliphatic rings. The molecule has 2 atom stereocenters. The van der Waals surface area contributed by atoms with Gasteiger partial charge in [0.1, 0.15) is 0 Å². The summed E-state index contributed by atoms with van der Waals surface area (Å²) in [5, 5.41) is 16.2. The first-order valence-corrected chi connectivity index (χ1v) is 10.7. The maximum Gasteiger partial charge on any atom is 0.347 e. The topological polar surface area (TPSA) is 104 Å². The zero-order valence-electron chi connectivity index (χ0n) is 17.7. The van der Waals surface area contributed by atoms with E-state index in [1.54, 1.807) is 25.3 Å². The van der Waals surface area contributed by atoms with Crippen molar-refractivity contribution >= 4 is 46.7 Å². The van der Waals surface area contributed by atoms with Gasteiger partial charge in [0.25, 0.3) is 5.91 Å². The van der Waals surface area contributed by atoms with Crippen LogP contribution in [0.2, 0.25) is 5.02 Å². The minimum Gasteiger partial charge on any atom is -0.448 e. The Labute approximate surface area is 201 Å². The molecule has 1 aliphatic heterocycles. The maximum atomic E-state index is 11.3. The second kappa shape index (κ2) is 14.2. The maximum absolute atomic E-state index is 11.3. The molecular weight excluding hydrogens is 484 g/mol. The summed E-state index contributed by atoms with van der Waals surface area (Å²) in [7, 11) is 2.33. The number of carbonyl (C=O) groups is 2. The number of pyridine rings is 1. The zero-order chi connectivity index (χ0) is 24.3. The number of epoxide rings is 1. The van der Waals surface area contributed by atoms with Crippen molar-refractivity contribution in [3.8, 4) is 11.1 Å². The van der Waals surface area contributed by atoms with E-state index in [0.717, 1.165) is 16.8 Å². The Bertz CT molecular complexity index is 885. The van der Waals surface area contributed by atoms with Gasteiger partial charge in [-0.1, -0.05) is 59.1 Å². The Balaban J connectivity index is 0.000000629. The van der Waals surface area contributed by atoms with Crippen molar-refractivity contribution in [2.45, 2.75) is 30.5 Å². The number of hydrogen-bond donors (Lipinski definition) is 3. The predicted molar refractivity (Wildman–Crippen MR) is 123 cm³/mol. The Morgan fingerprint density at radius 2 is 1.81 bits per heavy atom. The number of carbonyl (C=O) groups excluding carboxylic acids is 2. The highest BCUT2D eigenvalue weighted by Crippen LogP contribution is 2.25. The average molecular weight is 509 g/mol. The normalized spacial score (nSPS) is 14.9. The third-order valence-electron chi connectivity index (χ3n) is 4.13. The molecule has 1 fully saturated rings. The summed E-state index contributed by atoms with van der Waals surface area (Å²) in [5.41, 5.74) is 3.25. The molecule has 2 unspecified atom stereocenters. The number of aliphatic hydroxyl groups excluding tert-OH is 1. The SMILES string of the molecule is CC1OC1=O.CF.CNCc1ncc(-c2ccc(C(O)CNC(=O)C(Cl)Cl)cc2)cc1Cl. The number of halogens is 4. The van der Waals surface area contributed by atoms with Crippen molar-refractivity contribution in [3.05, 3.63) is 52.8 Å². The van der Waals surface area contributed by atoms with Crippen LogP contribution in [-0.4, -0.2) is 53.7 Å². The highest BCUT2D eigenvalue weighted by molar-refractivity contribution is 6.53. The van der Waals surface area contributed by atoms with Gasteiger partial charge in [-0.15, -0.1) is 0 Å². The lowest BCUT2D eigenvalue weighted by Crippen LogP contribution is -2.32. The predicted octanol–water partition coefficient (Wildman–Crippen LogP) is 3.59. The summed E-state index contributed by atoms with van der Waals surface area (Å²) in [4.78, 5) is 24.2. The van der Waals surface area contributed by atoms with E-state index in [2.05, 4.69) is 20.4 Å². The van der Waals surface area contributed by atoms with Crippen molar-refractivity contribution < 1.29 is 23.8 Å². The Kier molecular flexibility index (Phi) is 12.5. The molecule has 0 radical (unpaired) electrons. The molecular formula is C21H25Cl3FN3O4. The van der Waals surface area contributed by atoms with Crippen LogP contribution in [0.4, 0.5) is 4.39 Å². The molecule has 3 N–H and O–H groups in total. The highest BCUT2D eigenvalue weighted by Gasteiger charge is 2.31. The zero-order valence-corrected chi connectivity index (χ0v) is 20.0. The van der Waals surface area contributed by atoms with Gasteiger partial charge in [0.15, 0.2) is 10.9 Å². The van der Waals surface area contributed by atoms with E-state index in [0.29, 0.717) is 24.3 Å². The number of amides is 1. The minimum atomic E-state index is -1.15. The van der Waals surface area contributed by atoms with E-state index in [4.69, 9.17) is 34.8 Å². The first-order valence-electron chi connectivity index (χ1n) is 9.44. The molecule has 2 heterocycles. The molecule has 0 saturated carbocycles. The van der Waals surface area contributed by atoms with Crippen molar-refractivity contribution in [2.75, 3.05) is 20.8 Å². The number of nitrogens with one attached hydrogen (secondary N) is 2. The highest BCUT2D eigenvalue weighted by atomic mass is 35.5. The fourth-order valence-electron chi connectivity index (χ4n) is 2.35. The fraction of sp³-hybridized carbons (Fsp3) is 0.381. The van der Waals surface area contributed by atoms with Gasteiger partial charge >= 0.3 is 5.97 Å². The molecule has 1 aromatic heterocycles. The van der Waals surface area contributed by atoms with Crippen molar-refractivity contribution in [1.29, 1.82) is 0 Å². The molecule has 0 bridgehead atoms. The molecule has 11 heteroatoms. The van der Waals surface area contributed by atoms with Crippen molar-refractivity contribution in [1.82, 2.24) is 15.6 Å². The van der Waals surface area contributed by atoms with Gasteiger partial charge in [-0.3, -0.25) is 14.2 Å². The van der Waals surface area contributed by atoms with Crippen LogP contribution >= 0.6 is 34.8 Å². The Morgan fingerprint density at radius 1 is 1.25 bits per heavy atom. The van der Waals surface area contributed by atoms with Gasteiger partial charge in [0.2, 0.25) is 0 Å². The number of ether oxygens (including phenoxy) is 1. The lowest BCUT2D eigenvalue weighted by atomic mass is 10.0. The Hall–Kier alpha value is -1.97. The second-order valence-electron chi connectivity index (χ2n) is 6.45. The quantitative estimate of drug-likeness (QED) is 0.390. The van der Waals surface area contributed by atoms with Crippen LogP contribution in [0.1, 0.15) is 24.3 Å². The van der Waals surface area contributed by atoms with Crippen molar-refractivity contribution in [2.24, 2.45) is 0 Å². The number of benzene rings is 1. The van der Waals surface area contributed by atoms with Crippen LogP contribution in [0.3, 0.4) is 0 Å². The number of hydrogen-bond acceptors (Lipinski definition) is 6. The van der Waals surface area contributed by atoms with Crippen LogP contribution in [-0.2, 0) is 20.9 Å². The third kappa shape index (κ3) is 9.26. The van der Waals surface area contributed by atoms with E-state index in [1.165, 1.54) is 0 Å². The first kappa shape index (κ1) is 28.1. The monoisotopic (exact) mass is 507 g/mol. The smallest absolute Gasteiger partial charge is 0.347 e. The van der Waals surface area contributed by atoms with Crippen LogP contribution in [0, 0.1) is 0 Å². The van der Waals surface area contributed by atoms with E-state index in [9.17, 15) is 19.1 Å². The molecule has 0 spiro atoms. The molecule has 176 valence electrons. The largest absolute Gasteiger partial charge is 0.448 e. The van der Waals surface area contributed by atoms with Crippen LogP contribution in [0.25, 0.3) is 11.1 Å². The fourth-order valence-corrected chi connectivity index (χ4v) is 2.74. The van der Waals surface area contributed by atoms with Gasteiger partial charge < -0.3 is 20.5 Å². The second-order valence-corrected chi connectivity index (χ2v) is 7.95. The molecule has 1 saturated heterocycles. The summed E-state index contributed by atoms with van der Waals surface area (Å²) in [5.74, 6) is -0.619. The number of aliphatic hydroxyl groups is 1. The summed E-state index contributed by atoms with van der Waals surface area (Å²) in [6.45, 7) is 2.35. The molecule has 0 aliphatic carbocycles. The molecule has 1 aromatic carbocycles. The van der Waals surface area contributed by atoms with Crippen LogP contribution in [0.5, 0.6) is 0 Å². The lowest BCUT2D eigenvalue weighted by Gasteiger charge is -2.13. The number of aromatic nitrogens is 1. The number of rotatable bonds is 7.